The predicted molar refractivity (Wildman–Crippen MR) is 124 cm³/mol. The minimum absolute atomic E-state index is 0.00733. The Morgan fingerprint density at radius 2 is 0.886 bits per heavy atom. The van der Waals surface area contributed by atoms with Crippen LogP contribution in [0.4, 0.5) is 39.5 Å². The van der Waals surface area contributed by atoms with Crippen LogP contribution in [0.1, 0.15) is 13.3 Å². The van der Waals surface area contributed by atoms with E-state index in [1.54, 1.807) is 0 Å². The summed E-state index contributed by atoms with van der Waals surface area (Å²) in [7, 11) is -3.35. The standard InChI is InChI=1S/C23H17F9P2S/c1-2-5-35-34(14-10-19(28)23(32)20(29)11-14)4-3-33(12-6-15(24)21(30)16(25)7-12)13-8-17(26)22(31)18(27)9-13/h6-11H,2-5H2,1H3. The van der Waals surface area contributed by atoms with E-state index >= 15 is 0 Å². The number of halogens is 9. The monoisotopic (exact) mass is 558 g/mol. The lowest BCUT2D eigenvalue weighted by molar-refractivity contribution is 0.448. The van der Waals surface area contributed by atoms with Gasteiger partial charge in [-0.2, -0.15) is 0 Å². The third-order valence-electron chi connectivity index (χ3n) is 4.80. The fourth-order valence-corrected chi connectivity index (χ4v) is 11.1. The van der Waals surface area contributed by atoms with Gasteiger partial charge in [-0.3, -0.25) is 0 Å². The predicted octanol–water partition coefficient (Wildman–Crippen LogP) is 7.24. The molecule has 0 radical (unpaired) electrons. The van der Waals surface area contributed by atoms with E-state index in [2.05, 4.69) is 0 Å². The number of hydrogen-bond acceptors (Lipinski definition) is 1. The Kier molecular flexibility index (Phi) is 9.53. The highest BCUT2D eigenvalue weighted by molar-refractivity contribution is 8.57. The van der Waals surface area contributed by atoms with Crippen LogP contribution in [0, 0.1) is 52.4 Å². The van der Waals surface area contributed by atoms with Crippen LogP contribution in [-0.4, -0.2) is 18.1 Å². The maximum absolute atomic E-state index is 14.0. The molecule has 0 heterocycles. The summed E-state index contributed by atoms with van der Waals surface area (Å²) in [5.41, 5.74) is 0. The molecule has 0 saturated heterocycles. The summed E-state index contributed by atoms with van der Waals surface area (Å²) < 4.78 is 124. The third kappa shape index (κ3) is 6.52. The molecule has 3 aromatic carbocycles. The summed E-state index contributed by atoms with van der Waals surface area (Å²) >= 11 is 1.35. The summed E-state index contributed by atoms with van der Waals surface area (Å²) in [5.74, 6) is -13.3. The van der Waals surface area contributed by atoms with Crippen molar-refractivity contribution in [2.75, 3.05) is 18.1 Å². The second-order valence-corrected chi connectivity index (χ2v) is 14.1. The van der Waals surface area contributed by atoms with Gasteiger partial charge in [0.2, 0.25) is 0 Å². The highest BCUT2D eigenvalue weighted by atomic mass is 32.7. The van der Waals surface area contributed by atoms with Crippen molar-refractivity contribution in [3.8, 4) is 0 Å². The number of hydrogen-bond donors (Lipinski definition) is 0. The van der Waals surface area contributed by atoms with E-state index in [9.17, 15) is 39.5 Å². The van der Waals surface area contributed by atoms with Gasteiger partial charge in [0, 0.05) is 0 Å². The van der Waals surface area contributed by atoms with E-state index in [-0.39, 0.29) is 28.2 Å². The first-order chi connectivity index (χ1) is 16.5. The fraction of sp³-hybridized carbons (Fsp3) is 0.217. The Hall–Kier alpha value is -1.76. The van der Waals surface area contributed by atoms with Gasteiger partial charge < -0.3 is 0 Å². The van der Waals surface area contributed by atoms with Gasteiger partial charge in [-0.1, -0.05) is 6.92 Å². The Labute approximate surface area is 202 Å². The first kappa shape index (κ1) is 27.8. The summed E-state index contributed by atoms with van der Waals surface area (Å²) in [4.78, 5) is 0. The molecule has 0 spiro atoms. The minimum atomic E-state index is -1.95. The van der Waals surface area contributed by atoms with Crippen LogP contribution in [0.5, 0.6) is 0 Å². The molecule has 188 valence electrons. The highest BCUT2D eigenvalue weighted by Crippen LogP contribution is 2.51. The molecule has 3 rings (SSSR count). The van der Waals surface area contributed by atoms with E-state index in [0.29, 0.717) is 36.4 Å². The largest absolute Gasteiger partial charge is 0.204 e. The average Bonchev–Trinajstić information content (AvgIpc) is 2.80. The Balaban J connectivity index is 2.03. The normalized spacial score (nSPS) is 12.4. The zero-order valence-corrected chi connectivity index (χ0v) is 20.6. The molecule has 0 bridgehead atoms. The van der Waals surface area contributed by atoms with E-state index < -0.39 is 67.4 Å². The summed E-state index contributed by atoms with van der Waals surface area (Å²) in [5, 5.41) is -0.0276. The Morgan fingerprint density at radius 3 is 1.23 bits per heavy atom. The van der Waals surface area contributed by atoms with Crippen LogP contribution < -0.4 is 15.9 Å². The van der Waals surface area contributed by atoms with Crippen molar-refractivity contribution in [3.63, 3.8) is 0 Å². The summed E-state index contributed by atoms with van der Waals surface area (Å²) in [6.07, 6.45) is 0.859. The maximum Gasteiger partial charge on any atom is 0.194 e. The molecule has 0 saturated carbocycles. The van der Waals surface area contributed by atoms with Gasteiger partial charge in [-0.25, -0.2) is 39.5 Å². The third-order valence-corrected chi connectivity index (χ3v) is 12.6. The minimum Gasteiger partial charge on any atom is -0.204 e. The van der Waals surface area contributed by atoms with E-state index in [1.807, 2.05) is 6.92 Å². The van der Waals surface area contributed by atoms with Crippen LogP contribution >= 0.6 is 26.4 Å². The second-order valence-electron chi connectivity index (χ2n) is 7.26. The average molecular weight is 558 g/mol. The molecule has 1 atom stereocenters. The van der Waals surface area contributed by atoms with Crippen molar-refractivity contribution in [2.24, 2.45) is 0 Å². The van der Waals surface area contributed by atoms with Crippen molar-refractivity contribution in [1.82, 2.24) is 0 Å². The zero-order chi connectivity index (χ0) is 25.9. The SMILES string of the molecule is CCCSP(CCP(c1cc(F)c(F)c(F)c1)c1cc(F)c(F)c(F)c1)c1cc(F)c(F)c(F)c1. The summed E-state index contributed by atoms with van der Waals surface area (Å²) in [6, 6.07) is 4.51. The van der Waals surface area contributed by atoms with Gasteiger partial charge in [-0.05, 0) is 91.9 Å². The molecule has 3 aromatic rings. The van der Waals surface area contributed by atoms with Crippen LogP contribution in [0.25, 0.3) is 0 Å². The summed E-state index contributed by atoms with van der Waals surface area (Å²) in [6.45, 7) is 1.87. The first-order valence-corrected chi connectivity index (χ1v) is 14.8. The Bertz CT molecular complexity index is 1100. The lowest BCUT2D eigenvalue weighted by atomic mass is 10.3. The first-order valence-electron chi connectivity index (χ1n) is 10.1. The van der Waals surface area contributed by atoms with Crippen LogP contribution in [0.3, 0.4) is 0 Å². The zero-order valence-electron chi connectivity index (χ0n) is 18.0. The molecule has 0 amide bonds. The molecule has 0 aliphatic rings. The Morgan fingerprint density at radius 1 is 0.543 bits per heavy atom. The van der Waals surface area contributed by atoms with Crippen LogP contribution in [0.15, 0.2) is 36.4 Å². The van der Waals surface area contributed by atoms with Gasteiger partial charge in [0.15, 0.2) is 52.4 Å². The van der Waals surface area contributed by atoms with E-state index in [1.165, 1.54) is 11.4 Å². The van der Waals surface area contributed by atoms with Gasteiger partial charge >= 0.3 is 0 Å². The number of rotatable bonds is 9. The van der Waals surface area contributed by atoms with Gasteiger partial charge in [0.1, 0.15) is 0 Å². The van der Waals surface area contributed by atoms with E-state index in [0.717, 1.165) is 12.1 Å². The molecule has 35 heavy (non-hydrogen) atoms. The topological polar surface area (TPSA) is 0 Å². The lowest BCUT2D eigenvalue weighted by Crippen LogP contribution is -2.20. The van der Waals surface area contributed by atoms with Crippen molar-refractivity contribution in [2.45, 2.75) is 13.3 Å². The molecule has 0 aliphatic carbocycles. The quantitative estimate of drug-likeness (QED) is 0.152. The van der Waals surface area contributed by atoms with E-state index in [4.69, 9.17) is 0 Å². The van der Waals surface area contributed by atoms with Crippen molar-refractivity contribution in [1.29, 1.82) is 0 Å². The molecule has 0 N–H and O–H groups in total. The molecule has 12 heteroatoms. The van der Waals surface area contributed by atoms with Crippen molar-refractivity contribution in [3.05, 3.63) is 88.8 Å². The molecule has 0 aliphatic heterocycles. The van der Waals surface area contributed by atoms with Gasteiger partial charge in [0.25, 0.3) is 0 Å². The maximum atomic E-state index is 14.0. The molecular formula is C23H17F9P2S. The molecular weight excluding hydrogens is 541 g/mol. The van der Waals surface area contributed by atoms with Crippen molar-refractivity contribution < 1.29 is 39.5 Å². The lowest BCUT2D eigenvalue weighted by Gasteiger charge is -2.23. The van der Waals surface area contributed by atoms with Gasteiger partial charge in [0.05, 0.1) is 0 Å². The second kappa shape index (κ2) is 12.0. The molecule has 0 aromatic heterocycles. The highest BCUT2D eigenvalue weighted by Gasteiger charge is 2.25. The smallest absolute Gasteiger partial charge is 0.194 e. The number of benzene rings is 3. The van der Waals surface area contributed by atoms with Crippen LogP contribution in [0.2, 0.25) is 0 Å². The van der Waals surface area contributed by atoms with Crippen molar-refractivity contribution >= 4 is 42.3 Å². The molecule has 0 nitrogen and oxygen atoms in total. The fourth-order valence-electron chi connectivity index (χ4n) is 3.15. The molecule has 0 fully saturated rings. The molecule has 1 unspecified atom stereocenters. The van der Waals surface area contributed by atoms with Gasteiger partial charge in [-0.15, -0.1) is 11.4 Å². The van der Waals surface area contributed by atoms with Crippen LogP contribution in [-0.2, 0) is 0 Å².